The molecule has 0 heterocycles. The van der Waals surface area contributed by atoms with E-state index in [1.54, 1.807) is 0 Å². The number of hydrogen-bond acceptors (Lipinski definition) is 2. The monoisotopic (exact) mass is 226 g/mol. The summed E-state index contributed by atoms with van der Waals surface area (Å²) in [5.74, 6) is 0. The van der Waals surface area contributed by atoms with E-state index in [9.17, 15) is 0 Å². The standard InChI is InChI=1S/C15H18N2/c1-3-12-7-9-13(10-8-12)17-15-11(2)5-4-6-14(15)16/h4-10,17H,3,16H2,1-2H3. The van der Waals surface area contributed by atoms with Gasteiger partial charge in [0.25, 0.3) is 0 Å². The predicted molar refractivity (Wildman–Crippen MR) is 74.7 cm³/mol. The molecular formula is C15H18N2. The Hall–Kier alpha value is -1.96. The van der Waals surface area contributed by atoms with E-state index in [0.717, 1.165) is 29.0 Å². The number of benzene rings is 2. The second kappa shape index (κ2) is 4.91. The molecule has 0 aromatic heterocycles. The van der Waals surface area contributed by atoms with Gasteiger partial charge in [-0.3, -0.25) is 0 Å². The minimum atomic E-state index is 0.782. The molecule has 17 heavy (non-hydrogen) atoms. The van der Waals surface area contributed by atoms with E-state index < -0.39 is 0 Å². The number of nitrogen functional groups attached to an aromatic ring is 1. The summed E-state index contributed by atoms with van der Waals surface area (Å²) < 4.78 is 0. The molecule has 3 N–H and O–H groups in total. The number of nitrogens with two attached hydrogens (primary N) is 1. The first-order chi connectivity index (χ1) is 8.20. The first-order valence-corrected chi connectivity index (χ1v) is 5.91. The molecule has 0 radical (unpaired) electrons. The van der Waals surface area contributed by atoms with E-state index in [-0.39, 0.29) is 0 Å². The van der Waals surface area contributed by atoms with Crippen molar-refractivity contribution in [3.8, 4) is 0 Å². The third kappa shape index (κ3) is 2.59. The molecular weight excluding hydrogens is 208 g/mol. The van der Waals surface area contributed by atoms with Crippen LogP contribution in [-0.4, -0.2) is 0 Å². The number of hydrogen-bond donors (Lipinski definition) is 2. The molecule has 0 bridgehead atoms. The van der Waals surface area contributed by atoms with Crippen LogP contribution in [0.25, 0.3) is 0 Å². The average Bonchev–Trinajstić information content (AvgIpc) is 2.35. The molecule has 2 nitrogen and oxygen atoms in total. The van der Waals surface area contributed by atoms with Crippen molar-refractivity contribution in [3.63, 3.8) is 0 Å². The van der Waals surface area contributed by atoms with Crippen LogP contribution >= 0.6 is 0 Å². The highest BCUT2D eigenvalue weighted by Crippen LogP contribution is 2.26. The van der Waals surface area contributed by atoms with E-state index >= 15 is 0 Å². The first kappa shape index (κ1) is 11.5. The van der Waals surface area contributed by atoms with Gasteiger partial charge in [-0.05, 0) is 42.7 Å². The van der Waals surface area contributed by atoms with Gasteiger partial charge in [0.1, 0.15) is 0 Å². The van der Waals surface area contributed by atoms with Gasteiger partial charge in [0.15, 0.2) is 0 Å². The van der Waals surface area contributed by atoms with Gasteiger partial charge in [-0.25, -0.2) is 0 Å². The van der Waals surface area contributed by atoms with Crippen LogP contribution in [0.4, 0.5) is 17.1 Å². The molecule has 2 aromatic rings. The number of nitrogens with one attached hydrogen (secondary N) is 1. The first-order valence-electron chi connectivity index (χ1n) is 5.91. The second-order valence-electron chi connectivity index (χ2n) is 4.21. The SMILES string of the molecule is CCc1ccc(Nc2c(C)cccc2N)cc1. The van der Waals surface area contributed by atoms with Crippen molar-refractivity contribution < 1.29 is 0 Å². The van der Waals surface area contributed by atoms with Crippen molar-refractivity contribution in [2.24, 2.45) is 0 Å². The second-order valence-corrected chi connectivity index (χ2v) is 4.21. The minimum Gasteiger partial charge on any atom is -0.397 e. The maximum absolute atomic E-state index is 5.96. The van der Waals surface area contributed by atoms with Crippen LogP contribution in [0.1, 0.15) is 18.1 Å². The molecule has 2 heteroatoms. The molecule has 0 spiro atoms. The highest BCUT2D eigenvalue weighted by atomic mass is 14.9. The van der Waals surface area contributed by atoms with Crippen molar-refractivity contribution in [1.82, 2.24) is 0 Å². The van der Waals surface area contributed by atoms with Crippen molar-refractivity contribution in [1.29, 1.82) is 0 Å². The molecule has 0 aliphatic rings. The number of rotatable bonds is 3. The lowest BCUT2D eigenvalue weighted by molar-refractivity contribution is 1.14. The Morgan fingerprint density at radius 2 is 1.76 bits per heavy atom. The molecule has 0 fully saturated rings. The van der Waals surface area contributed by atoms with Gasteiger partial charge in [-0.1, -0.05) is 31.2 Å². The third-order valence-electron chi connectivity index (χ3n) is 2.94. The van der Waals surface area contributed by atoms with Gasteiger partial charge >= 0.3 is 0 Å². The van der Waals surface area contributed by atoms with Gasteiger partial charge in [0, 0.05) is 5.69 Å². The van der Waals surface area contributed by atoms with Gasteiger partial charge in [-0.2, -0.15) is 0 Å². The molecule has 2 rings (SSSR count). The average molecular weight is 226 g/mol. The number of anilines is 3. The summed E-state index contributed by atoms with van der Waals surface area (Å²) in [5, 5.41) is 3.37. The normalized spacial score (nSPS) is 10.2. The van der Waals surface area contributed by atoms with Gasteiger partial charge in [-0.15, -0.1) is 0 Å². The zero-order chi connectivity index (χ0) is 12.3. The molecule has 0 saturated carbocycles. The summed E-state index contributed by atoms with van der Waals surface area (Å²) in [6, 6.07) is 14.4. The summed E-state index contributed by atoms with van der Waals surface area (Å²) >= 11 is 0. The highest BCUT2D eigenvalue weighted by molar-refractivity contribution is 5.75. The van der Waals surface area contributed by atoms with Crippen LogP contribution in [0.3, 0.4) is 0 Å². The van der Waals surface area contributed by atoms with Crippen LogP contribution in [0.5, 0.6) is 0 Å². The molecule has 0 amide bonds. The molecule has 0 saturated heterocycles. The molecule has 0 atom stereocenters. The summed E-state index contributed by atoms with van der Waals surface area (Å²) in [4.78, 5) is 0. The Bertz CT molecular complexity index is 481. The van der Waals surface area contributed by atoms with Gasteiger partial charge < -0.3 is 11.1 Å². The molecule has 88 valence electrons. The molecule has 2 aromatic carbocycles. The third-order valence-corrected chi connectivity index (χ3v) is 2.94. The highest BCUT2D eigenvalue weighted by Gasteiger charge is 2.02. The maximum Gasteiger partial charge on any atom is 0.0647 e. The van der Waals surface area contributed by atoms with Crippen LogP contribution in [0, 0.1) is 6.92 Å². The maximum atomic E-state index is 5.96. The Balaban J connectivity index is 2.25. The molecule has 0 unspecified atom stereocenters. The summed E-state index contributed by atoms with van der Waals surface area (Å²) in [6.45, 7) is 4.21. The lowest BCUT2D eigenvalue weighted by Gasteiger charge is -2.12. The van der Waals surface area contributed by atoms with Crippen LogP contribution < -0.4 is 11.1 Å². The fourth-order valence-electron chi connectivity index (χ4n) is 1.83. The van der Waals surface area contributed by atoms with Gasteiger partial charge in [0.05, 0.1) is 11.4 Å². The van der Waals surface area contributed by atoms with E-state index in [0.29, 0.717) is 0 Å². The zero-order valence-corrected chi connectivity index (χ0v) is 10.3. The van der Waals surface area contributed by atoms with Crippen molar-refractivity contribution in [3.05, 3.63) is 53.6 Å². The Morgan fingerprint density at radius 3 is 2.35 bits per heavy atom. The van der Waals surface area contributed by atoms with Crippen molar-refractivity contribution in [2.45, 2.75) is 20.3 Å². The number of para-hydroxylation sites is 1. The van der Waals surface area contributed by atoms with Crippen LogP contribution in [0.15, 0.2) is 42.5 Å². The predicted octanol–water partition coefficient (Wildman–Crippen LogP) is 3.88. The Kier molecular flexibility index (Phi) is 3.33. The zero-order valence-electron chi connectivity index (χ0n) is 10.3. The van der Waals surface area contributed by atoms with Crippen molar-refractivity contribution in [2.75, 3.05) is 11.1 Å². The lowest BCUT2D eigenvalue weighted by Crippen LogP contribution is -1.98. The van der Waals surface area contributed by atoms with Crippen molar-refractivity contribution >= 4 is 17.1 Å². The van der Waals surface area contributed by atoms with Gasteiger partial charge in [0.2, 0.25) is 0 Å². The topological polar surface area (TPSA) is 38.0 Å². The number of aryl methyl sites for hydroxylation is 2. The van der Waals surface area contributed by atoms with Crippen LogP contribution in [0.2, 0.25) is 0 Å². The van der Waals surface area contributed by atoms with Crippen LogP contribution in [-0.2, 0) is 6.42 Å². The Labute approximate surface area is 102 Å². The summed E-state index contributed by atoms with van der Waals surface area (Å²) in [6.07, 6.45) is 1.06. The lowest BCUT2D eigenvalue weighted by atomic mass is 10.1. The van der Waals surface area contributed by atoms with E-state index in [1.807, 2.05) is 12.1 Å². The summed E-state index contributed by atoms with van der Waals surface area (Å²) in [7, 11) is 0. The largest absolute Gasteiger partial charge is 0.397 e. The fourth-order valence-corrected chi connectivity index (χ4v) is 1.83. The molecule has 0 aliphatic carbocycles. The molecule has 0 aliphatic heterocycles. The Morgan fingerprint density at radius 1 is 1.06 bits per heavy atom. The smallest absolute Gasteiger partial charge is 0.0647 e. The van der Waals surface area contributed by atoms with E-state index in [2.05, 4.69) is 49.5 Å². The van der Waals surface area contributed by atoms with E-state index in [1.165, 1.54) is 5.56 Å². The summed E-state index contributed by atoms with van der Waals surface area (Å²) in [5.41, 5.74) is 11.3. The fraction of sp³-hybridized carbons (Fsp3) is 0.200. The quantitative estimate of drug-likeness (QED) is 0.779. The minimum absolute atomic E-state index is 0.782. The van der Waals surface area contributed by atoms with E-state index in [4.69, 9.17) is 5.73 Å².